The molecule has 0 aliphatic carbocycles. The third kappa shape index (κ3) is 2.94. The van der Waals surface area contributed by atoms with Crippen molar-refractivity contribution < 1.29 is 14.4 Å². The topological polar surface area (TPSA) is 93.5 Å². The highest BCUT2D eigenvalue weighted by Crippen LogP contribution is 2.29. The number of hydrogen-bond acceptors (Lipinski definition) is 5. The Kier molecular flexibility index (Phi) is 4.40. The van der Waals surface area contributed by atoms with Crippen molar-refractivity contribution in [2.45, 2.75) is 25.4 Å². The Morgan fingerprint density at radius 1 is 1.29 bits per heavy atom. The van der Waals surface area contributed by atoms with Gasteiger partial charge in [-0.2, -0.15) is 5.26 Å². The molecule has 7 nitrogen and oxygen atoms in total. The molecule has 1 N–H and O–H groups in total. The number of hydrogen-bond donors (Lipinski definition) is 1. The molecule has 8 heteroatoms. The van der Waals surface area contributed by atoms with Crippen LogP contribution >= 0.6 is 11.3 Å². The second-order valence-corrected chi connectivity index (χ2v) is 8.07. The first-order valence-corrected chi connectivity index (χ1v) is 9.78. The standard InChI is InChI=1S/C20H18N4O3S/c1-20(15-4-2-13(10-21)3-5-15)18(26)24(19(27)22-20)12-17(25)23-8-6-16-14(11-23)7-9-28-16/h2-5,7,9H,6,8,11-12H2,1H3,(H,22,27). The molecule has 2 aromatic rings. The van der Waals surface area contributed by atoms with Gasteiger partial charge in [-0.25, -0.2) is 4.79 Å². The number of imide groups is 1. The number of urea groups is 1. The molecule has 142 valence electrons. The lowest BCUT2D eigenvalue weighted by molar-refractivity contribution is -0.139. The first-order chi connectivity index (χ1) is 13.4. The average molecular weight is 394 g/mol. The number of nitrogens with one attached hydrogen (secondary N) is 1. The van der Waals surface area contributed by atoms with Gasteiger partial charge in [-0.3, -0.25) is 14.5 Å². The van der Waals surface area contributed by atoms with E-state index in [0.29, 0.717) is 24.2 Å². The van der Waals surface area contributed by atoms with Crippen LogP contribution in [-0.4, -0.2) is 40.7 Å². The summed E-state index contributed by atoms with van der Waals surface area (Å²) in [5.74, 6) is -0.715. The van der Waals surface area contributed by atoms with E-state index in [1.165, 1.54) is 4.88 Å². The van der Waals surface area contributed by atoms with Crippen LogP contribution in [0.3, 0.4) is 0 Å². The van der Waals surface area contributed by atoms with Gasteiger partial charge in [-0.15, -0.1) is 11.3 Å². The van der Waals surface area contributed by atoms with Gasteiger partial charge in [0.05, 0.1) is 11.6 Å². The Balaban J connectivity index is 1.49. The minimum Gasteiger partial charge on any atom is -0.336 e. The molecule has 4 amide bonds. The molecule has 28 heavy (non-hydrogen) atoms. The minimum atomic E-state index is -1.26. The van der Waals surface area contributed by atoms with Crippen LogP contribution in [0.25, 0.3) is 0 Å². The zero-order valence-electron chi connectivity index (χ0n) is 15.3. The maximum Gasteiger partial charge on any atom is 0.325 e. The summed E-state index contributed by atoms with van der Waals surface area (Å²) in [6.45, 7) is 2.42. The van der Waals surface area contributed by atoms with Crippen LogP contribution < -0.4 is 5.32 Å². The monoisotopic (exact) mass is 394 g/mol. The van der Waals surface area contributed by atoms with Crippen molar-refractivity contribution in [1.29, 1.82) is 5.26 Å². The fourth-order valence-corrected chi connectivity index (χ4v) is 4.50. The Bertz CT molecular complexity index is 1010. The van der Waals surface area contributed by atoms with Crippen molar-refractivity contribution in [3.8, 4) is 6.07 Å². The number of carbonyl (C=O) groups excluding carboxylic acids is 3. The second kappa shape index (κ2) is 6.77. The van der Waals surface area contributed by atoms with E-state index in [0.717, 1.165) is 16.9 Å². The number of nitrogens with zero attached hydrogens (tertiary/aromatic N) is 3. The fraction of sp³-hybridized carbons (Fsp3) is 0.300. The summed E-state index contributed by atoms with van der Waals surface area (Å²) in [7, 11) is 0. The molecule has 0 spiro atoms. The van der Waals surface area contributed by atoms with Crippen molar-refractivity contribution in [2.24, 2.45) is 0 Å². The second-order valence-electron chi connectivity index (χ2n) is 7.07. The van der Waals surface area contributed by atoms with Gasteiger partial charge in [0.15, 0.2) is 0 Å². The molecule has 3 heterocycles. The van der Waals surface area contributed by atoms with Gasteiger partial charge < -0.3 is 10.2 Å². The van der Waals surface area contributed by atoms with Gasteiger partial charge >= 0.3 is 6.03 Å². The largest absolute Gasteiger partial charge is 0.336 e. The van der Waals surface area contributed by atoms with E-state index >= 15 is 0 Å². The number of benzene rings is 1. The quantitative estimate of drug-likeness (QED) is 0.806. The molecule has 1 saturated heterocycles. The highest BCUT2D eigenvalue weighted by atomic mass is 32.1. The molecule has 1 atom stereocenters. The van der Waals surface area contributed by atoms with E-state index in [1.54, 1.807) is 47.4 Å². The van der Waals surface area contributed by atoms with Crippen LogP contribution in [0.1, 0.15) is 28.5 Å². The Labute approximate surface area is 166 Å². The Morgan fingerprint density at radius 3 is 2.75 bits per heavy atom. The number of rotatable bonds is 3. The van der Waals surface area contributed by atoms with Crippen LogP contribution in [-0.2, 0) is 28.1 Å². The molecule has 1 fully saturated rings. The maximum atomic E-state index is 13.0. The first-order valence-electron chi connectivity index (χ1n) is 8.90. The summed E-state index contributed by atoms with van der Waals surface area (Å²) < 4.78 is 0. The zero-order chi connectivity index (χ0) is 19.9. The SMILES string of the molecule is CC1(c2ccc(C#N)cc2)NC(=O)N(CC(=O)N2CCc3sccc3C2)C1=O. The summed E-state index contributed by atoms with van der Waals surface area (Å²) in [6.07, 6.45) is 0.793. The molecule has 0 bridgehead atoms. The van der Waals surface area contributed by atoms with E-state index in [-0.39, 0.29) is 12.5 Å². The number of thiophene rings is 1. The molecule has 0 radical (unpaired) electrons. The zero-order valence-corrected chi connectivity index (χ0v) is 16.1. The number of fused-ring (bicyclic) bond motifs is 1. The van der Waals surface area contributed by atoms with Crippen molar-refractivity contribution in [1.82, 2.24) is 15.1 Å². The van der Waals surface area contributed by atoms with Crippen LogP contribution in [0.4, 0.5) is 4.79 Å². The van der Waals surface area contributed by atoms with E-state index < -0.39 is 17.5 Å². The lowest BCUT2D eigenvalue weighted by Crippen LogP contribution is -2.45. The van der Waals surface area contributed by atoms with Gasteiger partial charge in [0.1, 0.15) is 12.1 Å². The molecular weight excluding hydrogens is 376 g/mol. The lowest BCUT2D eigenvalue weighted by Gasteiger charge is -2.28. The molecule has 1 aromatic carbocycles. The van der Waals surface area contributed by atoms with E-state index in [1.807, 2.05) is 17.5 Å². The maximum absolute atomic E-state index is 13.0. The van der Waals surface area contributed by atoms with Crippen LogP contribution in [0.2, 0.25) is 0 Å². The highest BCUT2D eigenvalue weighted by molar-refractivity contribution is 7.10. The van der Waals surface area contributed by atoms with Gasteiger partial charge in [-0.05, 0) is 48.1 Å². The van der Waals surface area contributed by atoms with Crippen LogP contribution in [0.5, 0.6) is 0 Å². The van der Waals surface area contributed by atoms with Gasteiger partial charge in [-0.1, -0.05) is 12.1 Å². The predicted molar refractivity (Wildman–Crippen MR) is 102 cm³/mol. The Morgan fingerprint density at radius 2 is 2.04 bits per heavy atom. The molecule has 0 saturated carbocycles. The number of amides is 4. The molecule has 2 aliphatic heterocycles. The van der Waals surface area contributed by atoms with Crippen LogP contribution in [0.15, 0.2) is 35.7 Å². The average Bonchev–Trinajstić information content (AvgIpc) is 3.26. The van der Waals surface area contributed by atoms with E-state index in [4.69, 9.17) is 5.26 Å². The lowest BCUT2D eigenvalue weighted by atomic mass is 9.91. The molecular formula is C20H18N4O3S. The third-order valence-corrected chi connectivity index (χ3v) is 6.34. The van der Waals surface area contributed by atoms with Gasteiger partial charge in [0, 0.05) is 18.0 Å². The van der Waals surface area contributed by atoms with Crippen molar-refractivity contribution >= 4 is 29.2 Å². The Hall–Kier alpha value is -3.18. The smallest absolute Gasteiger partial charge is 0.325 e. The molecule has 1 aromatic heterocycles. The summed E-state index contributed by atoms with van der Waals surface area (Å²) in [5, 5.41) is 13.6. The van der Waals surface area contributed by atoms with Crippen LogP contribution in [0, 0.1) is 11.3 Å². The van der Waals surface area contributed by atoms with Gasteiger partial charge in [0.2, 0.25) is 5.91 Å². The normalized spacial score (nSPS) is 21.3. The minimum absolute atomic E-state index is 0.246. The molecule has 4 rings (SSSR count). The van der Waals surface area contributed by atoms with E-state index in [9.17, 15) is 14.4 Å². The van der Waals surface area contributed by atoms with E-state index in [2.05, 4.69) is 5.32 Å². The van der Waals surface area contributed by atoms with Crippen molar-refractivity contribution in [2.75, 3.05) is 13.1 Å². The summed E-state index contributed by atoms with van der Waals surface area (Å²) >= 11 is 1.69. The van der Waals surface area contributed by atoms with Crippen molar-refractivity contribution in [3.05, 3.63) is 57.3 Å². The fourth-order valence-electron chi connectivity index (χ4n) is 3.61. The molecule has 1 unspecified atom stereocenters. The molecule has 2 aliphatic rings. The summed E-state index contributed by atoms with van der Waals surface area (Å²) in [4.78, 5) is 42.1. The third-order valence-electron chi connectivity index (χ3n) is 5.32. The van der Waals surface area contributed by atoms with Crippen molar-refractivity contribution in [3.63, 3.8) is 0 Å². The van der Waals surface area contributed by atoms with Gasteiger partial charge in [0.25, 0.3) is 5.91 Å². The number of nitriles is 1. The summed E-state index contributed by atoms with van der Waals surface area (Å²) in [5.41, 5.74) is 0.910. The highest BCUT2D eigenvalue weighted by Gasteiger charge is 2.49. The number of carbonyl (C=O) groups is 3. The summed E-state index contributed by atoms with van der Waals surface area (Å²) in [6, 6.07) is 9.93. The predicted octanol–water partition coefficient (Wildman–Crippen LogP) is 1.97. The first kappa shape index (κ1) is 18.2.